The van der Waals surface area contributed by atoms with Gasteiger partial charge in [-0.05, 0) is 49.7 Å². The number of carbonyl (C=O) groups excluding carboxylic acids is 1. The van der Waals surface area contributed by atoms with Crippen LogP contribution in [0, 0.1) is 25.2 Å². The maximum absolute atomic E-state index is 12.3. The van der Waals surface area contributed by atoms with Crippen LogP contribution < -0.4 is 10.6 Å². The summed E-state index contributed by atoms with van der Waals surface area (Å²) < 4.78 is 5.22. The first kappa shape index (κ1) is 18.2. The Labute approximate surface area is 157 Å². The number of nitriles is 1. The molecule has 2 aromatic heterocycles. The van der Waals surface area contributed by atoms with Gasteiger partial charge in [-0.15, -0.1) is 0 Å². The third-order valence-corrected chi connectivity index (χ3v) is 4.12. The van der Waals surface area contributed by atoms with E-state index in [9.17, 15) is 10.1 Å². The summed E-state index contributed by atoms with van der Waals surface area (Å²) in [6.45, 7) is 4.55. The largest absolute Gasteiger partial charge is 0.467 e. The van der Waals surface area contributed by atoms with Crippen LogP contribution in [0.2, 0.25) is 0 Å². The maximum Gasteiger partial charge on any atom is 0.251 e. The summed E-state index contributed by atoms with van der Waals surface area (Å²) in [5, 5.41) is 15.5. The molecule has 1 amide bonds. The highest BCUT2D eigenvalue weighted by Gasteiger charge is 2.10. The highest BCUT2D eigenvalue weighted by molar-refractivity contribution is 5.94. The van der Waals surface area contributed by atoms with Crippen LogP contribution in [0.15, 0.2) is 53.1 Å². The van der Waals surface area contributed by atoms with E-state index in [-0.39, 0.29) is 5.91 Å². The fraction of sp³-hybridized carbons (Fsp3) is 0.190. The van der Waals surface area contributed by atoms with E-state index < -0.39 is 0 Å². The molecule has 3 rings (SSSR count). The SMILES string of the molecule is Cc1cc(NCc2cccc(C(=O)NCc3ccco3)c2)c(C#N)c(C)n1. The van der Waals surface area contributed by atoms with Crippen LogP contribution in [0.25, 0.3) is 0 Å². The molecule has 0 bridgehead atoms. The number of hydrogen-bond donors (Lipinski definition) is 2. The van der Waals surface area contributed by atoms with Crippen LogP contribution in [0.5, 0.6) is 0 Å². The third kappa shape index (κ3) is 4.53. The number of nitrogens with zero attached hydrogens (tertiary/aromatic N) is 2. The van der Waals surface area contributed by atoms with Gasteiger partial charge in [0.15, 0.2) is 0 Å². The second-order valence-corrected chi connectivity index (χ2v) is 6.20. The Bertz CT molecular complexity index is 988. The fourth-order valence-corrected chi connectivity index (χ4v) is 2.81. The van der Waals surface area contributed by atoms with Crippen molar-refractivity contribution in [2.75, 3.05) is 5.32 Å². The van der Waals surface area contributed by atoms with Crippen molar-refractivity contribution in [1.29, 1.82) is 5.26 Å². The normalized spacial score (nSPS) is 10.3. The fourth-order valence-electron chi connectivity index (χ4n) is 2.81. The van der Waals surface area contributed by atoms with Gasteiger partial charge in [0.1, 0.15) is 11.8 Å². The van der Waals surface area contributed by atoms with E-state index >= 15 is 0 Å². The van der Waals surface area contributed by atoms with E-state index in [0.717, 1.165) is 16.9 Å². The molecule has 2 N–H and O–H groups in total. The molecule has 6 nitrogen and oxygen atoms in total. The highest BCUT2D eigenvalue weighted by atomic mass is 16.3. The molecule has 0 fully saturated rings. The summed E-state index contributed by atoms with van der Waals surface area (Å²) in [6, 6.07) is 15.0. The molecule has 0 aliphatic rings. The highest BCUT2D eigenvalue weighted by Crippen LogP contribution is 2.19. The Morgan fingerprint density at radius 2 is 2.04 bits per heavy atom. The number of rotatable bonds is 6. The van der Waals surface area contributed by atoms with Crippen molar-refractivity contribution < 1.29 is 9.21 Å². The standard InChI is InChI=1S/C21H20N4O2/c1-14-9-20(19(11-22)15(2)25-14)23-12-16-5-3-6-17(10-16)21(26)24-13-18-7-4-8-27-18/h3-10H,12-13H2,1-2H3,(H,23,25)(H,24,26). The lowest BCUT2D eigenvalue weighted by molar-refractivity contribution is 0.0948. The summed E-state index contributed by atoms with van der Waals surface area (Å²) in [5.41, 5.74) is 4.34. The molecular formula is C21H20N4O2. The first-order valence-corrected chi connectivity index (χ1v) is 8.58. The molecule has 6 heteroatoms. The second-order valence-electron chi connectivity index (χ2n) is 6.20. The summed E-state index contributed by atoms with van der Waals surface area (Å²) in [5.74, 6) is 0.537. The van der Waals surface area contributed by atoms with E-state index in [1.165, 1.54) is 0 Å². The van der Waals surface area contributed by atoms with Crippen LogP contribution in [-0.2, 0) is 13.1 Å². The molecule has 0 aliphatic heterocycles. The minimum atomic E-state index is -0.165. The van der Waals surface area contributed by atoms with Crippen molar-refractivity contribution in [1.82, 2.24) is 10.3 Å². The Kier molecular flexibility index (Phi) is 5.53. The van der Waals surface area contributed by atoms with Gasteiger partial charge < -0.3 is 15.1 Å². The number of furan rings is 1. The van der Waals surface area contributed by atoms with Crippen LogP contribution in [-0.4, -0.2) is 10.9 Å². The van der Waals surface area contributed by atoms with Gasteiger partial charge in [0.25, 0.3) is 5.91 Å². The summed E-state index contributed by atoms with van der Waals surface area (Å²) in [4.78, 5) is 16.6. The third-order valence-electron chi connectivity index (χ3n) is 4.12. The van der Waals surface area contributed by atoms with Crippen LogP contribution in [0.4, 0.5) is 5.69 Å². The summed E-state index contributed by atoms with van der Waals surface area (Å²) in [6.07, 6.45) is 1.58. The van der Waals surface area contributed by atoms with Gasteiger partial charge in [0.05, 0.1) is 29.8 Å². The zero-order chi connectivity index (χ0) is 19.2. The molecule has 0 atom stereocenters. The summed E-state index contributed by atoms with van der Waals surface area (Å²) in [7, 11) is 0. The van der Waals surface area contributed by atoms with Gasteiger partial charge in [-0.1, -0.05) is 12.1 Å². The molecular weight excluding hydrogens is 340 g/mol. The molecule has 1 aromatic carbocycles. The molecule has 27 heavy (non-hydrogen) atoms. The Balaban J connectivity index is 1.68. The quantitative estimate of drug-likeness (QED) is 0.699. The van der Waals surface area contributed by atoms with Crippen molar-refractivity contribution in [2.24, 2.45) is 0 Å². The van der Waals surface area contributed by atoms with Gasteiger partial charge >= 0.3 is 0 Å². The number of carbonyl (C=O) groups is 1. The van der Waals surface area contributed by atoms with E-state index in [4.69, 9.17) is 4.42 Å². The minimum Gasteiger partial charge on any atom is -0.467 e. The zero-order valence-electron chi connectivity index (χ0n) is 15.2. The monoisotopic (exact) mass is 360 g/mol. The van der Waals surface area contributed by atoms with Crippen molar-refractivity contribution in [3.8, 4) is 6.07 Å². The smallest absolute Gasteiger partial charge is 0.251 e. The van der Waals surface area contributed by atoms with E-state index in [0.29, 0.717) is 35.7 Å². The average molecular weight is 360 g/mol. The number of benzene rings is 1. The second kappa shape index (κ2) is 8.19. The van der Waals surface area contributed by atoms with Crippen molar-refractivity contribution >= 4 is 11.6 Å². The molecule has 136 valence electrons. The van der Waals surface area contributed by atoms with Gasteiger partial charge in [0, 0.05) is 17.8 Å². The lowest BCUT2D eigenvalue weighted by atomic mass is 10.1. The topological polar surface area (TPSA) is 91.0 Å². The Morgan fingerprint density at radius 1 is 1.19 bits per heavy atom. The van der Waals surface area contributed by atoms with Gasteiger partial charge in [0.2, 0.25) is 0 Å². The van der Waals surface area contributed by atoms with E-state index in [1.54, 1.807) is 18.4 Å². The Hall–Kier alpha value is -3.59. The number of nitrogens with one attached hydrogen (secondary N) is 2. The number of aromatic nitrogens is 1. The van der Waals surface area contributed by atoms with Crippen LogP contribution in [0.3, 0.4) is 0 Å². The first-order valence-electron chi connectivity index (χ1n) is 8.58. The number of anilines is 1. The molecule has 0 saturated heterocycles. The lowest BCUT2D eigenvalue weighted by Gasteiger charge is -2.12. The maximum atomic E-state index is 12.3. The number of amides is 1. The van der Waals surface area contributed by atoms with E-state index in [1.807, 2.05) is 44.2 Å². The number of pyridine rings is 1. The molecule has 0 saturated carbocycles. The predicted octanol–water partition coefficient (Wildman–Crippen LogP) is 3.71. The average Bonchev–Trinajstić information content (AvgIpc) is 3.18. The molecule has 0 spiro atoms. The minimum absolute atomic E-state index is 0.165. The van der Waals surface area contributed by atoms with Gasteiger partial charge in [-0.3, -0.25) is 9.78 Å². The number of hydrogen-bond acceptors (Lipinski definition) is 5. The van der Waals surface area contributed by atoms with Crippen LogP contribution >= 0.6 is 0 Å². The first-order chi connectivity index (χ1) is 13.1. The predicted molar refractivity (Wildman–Crippen MR) is 102 cm³/mol. The van der Waals surface area contributed by atoms with Gasteiger partial charge in [-0.2, -0.15) is 5.26 Å². The van der Waals surface area contributed by atoms with Crippen molar-refractivity contribution in [2.45, 2.75) is 26.9 Å². The molecule has 0 aliphatic carbocycles. The molecule has 0 radical (unpaired) electrons. The molecule has 3 aromatic rings. The van der Waals surface area contributed by atoms with Crippen LogP contribution in [0.1, 0.15) is 38.6 Å². The van der Waals surface area contributed by atoms with Gasteiger partial charge in [-0.25, -0.2) is 0 Å². The number of aryl methyl sites for hydroxylation is 2. The van der Waals surface area contributed by atoms with Crippen molar-refractivity contribution in [3.05, 3.63) is 82.6 Å². The van der Waals surface area contributed by atoms with E-state index in [2.05, 4.69) is 21.7 Å². The lowest BCUT2D eigenvalue weighted by Crippen LogP contribution is -2.22. The zero-order valence-corrected chi connectivity index (χ0v) is 15.2. The Morgan fingerprint density at radius 3 is 2.78 bits per heavy atom. The van der Waals surface area contributed by atoms with Crippen molar-refractivity contribution in [3.63, 3.8) is 0 Å². The molecule has 2 heterocycles. The molecule has 0 unspecified atom stereocenters. The summed E-state index contributed by atoms with van der Waals surface area (Å²) >= 11 is 0.